The van der Waals surface area contributed by atoms with E-state index in [0.717, 1.165) is 50.6 Å². The second-order valence-corrected chi connectivity index (χ2v) is 15.9. The number of anilines is 1. The van der Waals surface area contributed by atoms with Crippen LogP contribution in [0, 0.1) is 0 Å². The molecule has 1 N–H and O–H groups in total. The van der Waals surface area contributed by atoms with Crippen molar-refractivity contribution < 1.29 is 23.8 Å². The first-order valence-electron chi connectivity index (χ1n) is 20.9. The standard InChI is InChI=1S/C26H28Cl2N4O4.C18H37NO/c1-19(33)31-10-12-32(13-11-31)21-3-5-22(6-4-21)34-15-23-16-35-26(36-23,17-30-9-8-29-18-30)24-7-2-20(27)14-25(24)28;1-3-4-5-6-7-8-9-10-11-12-13-14-15-16-17-19-18(2)20/h2-9,14,18,23H,10-13,15-17H2,1H3;3-17H2,1-2H3,(H,19,20)/t23-,26-;/m1./s1. The molecule has 2 aliphatic heterocycles. The number of benzene rings is 2. The van der Waals surface area contributed by atoms with Crippen LogP contribution in [0.3, 0.4) is 0 Å². The van der Waals surface area contributed by atoms with Crippen LogP contribution < -0.4 is 15.0 Å². The summed E-state index contributed by atoms with van der Waals surface area (Å²) in [6.45, 7) is 10.5. The highest BCUT2D eigenvalue weighted by Crippen LogP contribution is 2.40. The molecule has 310 valence electrons. The van der Waals surface area contributed by atoms with Crippen LogP contribution in [-0.2, 0) is 31.4 Å². The van der Waals surface area contributed by atoms with Crippen LogP contribution in [0.1, 0.15) is 116 Å². The van der Waals surface area contributed by atoms with Gasteiger partial charge in [0.25, 0.3) is 0 Å². The third kappa shape index (κ3) is 15.9. The van der Waals surface area contributed by atoms with Crippen LogP contribution in [0.5, 0.6) is 5.75 Å². The van der Waals surface area contributed by atoms with E-state index >= 15 is 0 Å². The number of amides is 2. The Morgan fingerprint density at radius 1 is 0.857 bits per heavy atom. The quantitative estimate of drug-likeness (QED) is 0.101. The average molecular weight is 815 g/mol. The number of aromatic nitrogens is 2. The number of hydrogen-bond donors (Lipinski definition) is 1. The fraction of sp³-hybridized carbons (Fsp3) is 0.614. The van der Waals surface area contributed by atoms with E-state index in [1.165, 1.54) is 83.5 Å². The van der Waals surface area contributed by atoms with Gasteiger partial charge >= 0.3 is 0 Å². The summed E-state index contributed by atoms with van der Waals surface area (Å²) in [5, 5.41) is 3.87. The van der Waals surface area contributed by atoms with Gasteiger partial charge in [0.15, 0.2) is 0 Å². The normalized spacial score (nSPS) is 18.1. The van der Waals surface area contributed by atoms with Gasteiger partial charge < -0.3 is 33.9 Å². The van der Waals surface area contributed by atoms with Gasteiger partial charge in [0.2, 0.25) is 17.6 Å². The largest absolute Gasteiger partial charge is 0.491 e. The molecule has 2 amide bonds. The highest BCUT2D eigenvalue weighted by atomic mass is 35.5. The molecule has 12 heteroatoms. The second kappa shape index (κ2) is 25.1. The molecule has 2 saturated heterocycles. The number of nitrogens with zero attached hydrogens (tertiary/aromatic N) is 4. The average Bonchev–Trinajstić information content (AvgIpc) is 3.86. The smallest absolute Gasteiger partial charge is 0.219 e. The minimum Gasteiger partial charge on any atom is -0.491 e. The van der Waals surface area contributed by atoms with Crippen molar-refractivity contribution in [3.63, 3.8) is 0 Å². The summed E-state index contributed by atoms with van der Waals surface area (Å²) in [6, 6.07) is 13.3. The molecule has 2 aromatic carbocycles. The number of imidazole rings is 1. The van der Waals surface area contributed by atoms with Crippen LogP contribution in [-0.4, -0.2) is 78.3 Å². The zero-order chi connectivity index (χ0) is 40.0. The van der Waals surface area contributed by atoms with E-state index in [1.54, 1.807) is 38.5 Å². The molecule has 1 aromatic heterocycles. The molecule has 0 unspecified atom stereocenters. The zero-order valence-electron chi connectivity index (χ0n) is 34.0. The Morgan fingerprint density at radius 2 is 1.48 bits per heavy atom. The molecular weight excluding hydrogens is 749 g/mol. The molecule has 2 aliphatic rings. The fourth-order valence-corrected chi connectivity index (χ4v) is 7.73. The first-order chi connectivity index (χ1) is 27.2. The Labute approximate surface area is 345 Å². The van der Waals surface area contributed by atoms with Crippen LogP contribution in [0.25, 0.3) is 0 Å². The van der Waals surface area contributed by atoms with Gasteiger partial charge in [-0.15, -0.1) is 0 Å². The van der Waals surface area contributed by atoms with Crippen LogP contribution >= 0.6 is 23.2 Å². The van der Waals surface area contributed by atoms with Gasteiger partial charge in [0.1, 0.15) is 18.5 Å². The van der Waals surface area contributed by atoms with Gasteiger partial charge in [-0.05, 0) is 42.8 Å². The van der Waals surface area contributed by atoms with Crippen molar-refractivity contribution in [3.8, 4) is 5.75 Å². The van der Waals surface area contributed by atoms with E-state index in [-0.39, 0.29) is 17.9 Å². The number of carbonyl (C=O) groups is 2. The molecule has 2 fully saturated rings. The number of carbonyl (C=O) groups excluding carboxylic acids is 2. The van der Waals surface area contributed by atoms with Crippen molar-refractivity contribution in [2.45, 2.75) is 129 Å². The van der Waals surface area contributed by atoms with Crippen molar-refractivity contribution in [1.29, 1.82) is 0 Å². The maximum atomic E-state index is 11.6. The Hall–Kier alpha value is -3.31. The van der Waals surface area contributed by atoms with E-state index in [9.17, 15) is 9.59 Å². The minimum absolute atomic E-state index is 0.0969. The van der Waals surface area contributed by atoms with Crippen LogP contribution in [0.4, 0.5) is 5.69 Å². The molecule has 0 aliphatic carbocycles. The monoisotopic (exact) mass is 813 g/mol. The summed E-state index contributed by atoms with van der Waals surface area (Å²) in [5.74, 6) is -0.104. The van der Waals surface area contributed by atoms with Crippen molar-refractivity contribution >= 4 is 40.7 Å². The number of halogens is 2. The fourth-order valence-electron chi connectivity index (χ4n) is 7.18. The molecule has 3 aromatic rings. The van der Waals surface area contributed by atoms with E-state index in [2.05, 4.69) is 22.1 Å². The number of hydrogen-bond acceptors (Lipinski definition) is 7. The lowest BCUT2D eigenvalue weighted by molar-refractivity contribution is -0.189. The van der Waals surface area contributed by atoms with Crippen molar-refractivity contribution in [3.05, 3.63) is 76.8 Å². The Kier molecular flexibility index (Phi) is 20.4. The predicted molar refractivity (Wildman–Crippen MR) is 227 cm³/mol. The lowest BCUT2D eigenvalue weighted by atomic mass is 10.0. The highest BCUT2D eigenvalue weighted by molar-refractivity contribution is 6.35. The summed E-state index contributed by atoms with van der Waals surface area (Å²) in [7, 11) is 0. The lowest BCUT2D eigenvalue weighted by Gasteiger charge is -2.35. The van der Waals surface area contributed by atoms with Crippen LogP contribution in [0.15, 0.2) is 61.2 Å². The van der Waals surface area contributed by atoms with Crippen LogP contribution in [0.2, 0.25) is 10.0 Å². The highest BCUT2D eigenvalue weighted by Gasteiger charge is 2.45. The molecule has 3 heterocycles. The Morgan fingerprint density at radius 3 is 2.04 bits per heavy atom. The summed E-state index contributed by atoms with van der Waals surface area (Å²) in [4.78, 5) is 30.5. The molecule has 0 saturated carbocycles. The third-order valence-electron chi connectivity index (χ3n) is 10.4. The minimum atomic E-state index is -1.08. The van der Waals surface area contributed by atoms with Gasteiger partial charge in [0, 0.05) is 75.2 Å². The van der Waals surface area contributed by atoms with E-state index < -0.39 is 5.79 Å². The summed E-state index contributed by atoms with van der Waals surface area (Å²) in [5.41, 5.74) is 1.82. The topological polar surface area (TPSA) is 98.2 Å². The molecule has 0 spiro atoms. The lowest BCUT2D eigenvalue weighted by Crippen LogP contribution is -2.48. The zero-order valence-corrected chi connectivity index (χ0v) is 35.5. The predicted octanol–water partition coefficient (Wildman–Crippen LogP) is 9.81. The molecule has 5 rings (SSSR count). The summed E-state index contributed by atoms with van der Waals surface area (Å²) in [6.07, 6.45) is 24.3. The van der Waals surface area contributed by atoms with Gasteiger partial charge in [-0.1, -0.05) is 120 Å². The van der Waals surface area contributed by atoms with E-state index in [4.69, 9.17) is 37.4 Å². The number of rotatable bonds is 22. The number of ether oxygens (including phenoxy) is 3. The number of piperazine rings is 1. The second-order valence-electron chi connectivity index (χ2n) is 15.0. The van der Waals surface area contributed by atoms with Gasteiger partial charge in [-0.3, -0.25) is 9.59 Å². The SMILES string of the molecule is CC(=O)N1CCN(c2ccc(OC[C@@H]3CO[C@@](Cn4ccnc4)(c4ccc(Cl)cc4Cl)O3)cc2)CC1.CCCCCCCCCCCCCCCCNC(C)=O. The van der Waals surface area contributed by atoms with Gasteiger partial charge in [-0.25, -0.2) is 4.98 Å². The molecule has 56 heavy (non-hydrogen) atoms. The Bertz CT molecular complexity index is 1550. The maximum Gasteiger partial charge on any atom is 0.219 e. The molecule has 0 bridgehead atoms. The van der Waals surface area contributed by atoms with Crippen molar-refractivity contribution in [2.75, 3.05) is 50.8 Å². The van der Waals surface area contributed by atoms with Gasteiger partial charge in [-0.2, -0.15) is 0 Å². The molecular formula is C44H65Cl2N5O5. The molecule has 0 radical (unpaired) electrons. The first-order valence-corrected chi connectivity index (χ1v) is 21.7. The van der Waals surface area contributed by atoms with E-state index in [1.807, 2.05) is 46.0 Å². The number of unbranched alkanes of at least 4 members (excludes halogenated alkanes) is 13. The van der Waals surface area contributed by atoms with E-state index in [0.29, 0.717) is 35.4 Å². The Balaban J connectivity index is 0.000000298. The van der Waals surface area contributed by atoms with Gasteiger partial charge in [0.05, 0.1) is 24.5 Å². The summed E-state index contributed by atoms with van der Waals surface area (Å²) >= 11 is 12.7. The third-order valence-corrected chi connectivity index (χ3v) is 11.0. The maximum absolute atomic E-state index is 11.6. The number of nitrogens with one attached hydrogen (secondary N) is 1. The first kappa shape index (κ1) is 45.4. The summed E-state index contributed by atoms with van der Waals surface area (Å²) < 4.78 is 20.6. The van der Waals surface area contributed by atoms with Crippen molar-refractivity contribution in [2.24, 2.45) is 0 Å². The molecule has 2 atom stereocenters. The van der Waals surface area contributed by atoms with Crippen molar-refractivity contribution in [1.82, 2.24) is 19.8 Å². The molecule has 10 nitrogen and oxygen atoms in total.